The van der Waals surface area contributed by atoms with Gasteiger partial charge in [0.15, 0.2) is 0 Å². The van der Waals surface area contributed by atoms with Crippen molar-refractivity contribution >= 4 is 5.91 Å². The number of carbonyl (C=O) groups excluding carboxylic acids is 1. The predicted octanol–water partition coefficient (Wildman–Crippen LogP) is 1.73. The minimum absolute atomic E-state index is 0.180. The first-order valence-electron chi connectivity index (χ1n) is 9.31. The van der Waals surface area contributed by atoms with E-state index in [1.165, 1.54) is 12.8 Å². The topological polar surface area (TPSA) is 75.3 Å². The number of nitrogens with two attached hydrogens (primary N) is 1. The molecule has 1 aromatic heterocycles. The molecule has 0 radical (unpaired) electrons. The van der Waals surface area contributed by atoms with E-state index in [0.29, 0.717) is 13.0 Å². The summed E-state index contributed by atoms with van der Waals surface area (Å²) in [6.07, 6.45) is 7.56. The van der Waals surface area contributed by atoms with Gasteiger partial charge in [0.25, 0.3) is 0 Å². The van der Waals surface area contributed by atoms with Crippen LogP contribution in [-0.4, -0.2) is 57.4 Å². The molecule has 1 spiro atoms. The van der Waals surface area contributed by atoms with Crippen LogP contribution in [0.3, 0.4) is 0 Å². The molecule has 1 atom stereocenters. The standard InChI is InChI=1S/C19H31N5O/c1-15-9-22-16(10-21-15)11-24-14-19(7-5-17(24)25)6-4-8-23(13-19)12-18(2,3)20/h9-10H,4-8,11-14,20H2,1-3H3/t19-/m1/s1. The maximum Gasteiger partial charge on any atom is 0.222 e. The number of hydrogen-bond acceptors (Lipinski definition) is 5. The Morgan fingerprint density at radius 1 is 1.24 bits per heavy atom. The number of hydrogen-bond donors (Lipinski definition) is 1. The van der Waals surface area contributed by atoms with E-state index in [9.17, 15) is 4.79 Å². The molecule has 1 aromatic rings. The van der Waals surface area contributed by atoms with Crippen molar-refractivity contribution in [3.05, 3.63) is 23.8 Å². The van der Waals surface area contributed by atoms with E-state index in [-0.39, 0.29) is 16.9 Å². The summed E-state index contributed by atoms with van der Waals surface area (Å²) in [7, 11) is 0. The first-order chi connectivity index (χ1) is 11.7. The maximum atomic E-state index is 12.4. The summed E-state index contributed by atoms with van der Waals surface area (Å²) in [5, 5.41) is 0. The van der Waals surface area contributed by atoms with Crippen LogP contribution in [-0.2, 0) is 11.3 Å². The van der Waals surface area contributed by atoms with Gasteiger partial charge in [-0.1, -0.05) is 0 Å². The first-order valence-corrected chi connectivity index (χ1v) is 9.31. The summed E-state index contributed by atoms with van der Waals surface area (Å²) in [6.45, 7) is 10.5. The highest BCUT2D eigenvalue weighted by Gasteiger charge is 2.42. The van der Waals surface area contributed by atoms with E-state index in [1.807, 2.05) is 11.8 Å². The van der Waals surface area contributed by atoms with Crippen LogP contribution in [0.5, 0.6) is 0 Å². The van der Waals surface area contributed by atoms with Crippen molar-refractivity contribution in [2.24, 2.45) is 11.1 Å². The van der Waals surface area contributed by atoms with Crippen LogP contribution in [0, 0.1) is 12.3 Å². The number of piperidine rings is 2. The lowest BCUT2D eigenvalue weighted by Gasteiger charge is -2.49. The van der Waals surface area contributed by atoms with Crippen LogP contribution in [0.1, 0.15) is 50.9 Å². The Bertz CT molecular complexity index is 609. The van der Waals surface area contributed by atoms with Gasteiger partial charge in [0.1, 0.15) is 0 Å². The number of aromatic nitrogens is 2. The fraction of sp³-hybridized carbons (Fsp3) is 0.737. The van der Waals surface area contributed by atoms with Crippen molar-refractivity contribution in [3.63, 3.8) is 0 Å². The van der Waals surface area contributed by atoms with E-state index in [2.05, 4.69) is 28.7 Å². The van der Waals surface area contributed by atoms with Gasteiger partial charge < -0.3 is 15.5 Å². The van der Waals surface area contributed by atoms with Crippen molar-refractivity contribution in [2.75, 3.05) is 26.2 Å². The van der Waals surface area contributed by atoms with Gasteiger partial charge >= 0.3 is 0 Å². The molecule has 0 unspecified atom stereocenters. The Kier molecular flexibility index (Phi) is 5.11. The second-order valence-electron chi connectivity index (χ2n) is 8.70. The van der Waals surface area contributed by atoms with Gasteiger partial charge in [0, 0.05) is 43.2 Å². The van der Waals surface area contributed by atoms with Gasteiger partial charge in [-0.15, -0.1) is 0 Å². The van der Waals surface area contributed by atoms with E-state index in [0.717, 1.165) is 44.0 Å². The summed E-state index contributed by atoms with van der Waals surface area (Å²) in [6, 6.07) is 0. The smallest absolute Gasteiger partial charge is 0.222 e. The van der Waals surface area contributed by atoms with E-state index >= 15 is 0 Å². The molecule has 2 fully saturated rings. The summed E-state index contributed by atoms with van der Waals surface area (Å²) >= 11 is 0. The average molecular weight is 345 g/mol. The third-order valence-electron chi connectivity index (χ3n) is 5.31. The molecule has 0 aliphatic carbocycles. The first kappa shape index (κ1) is 18.3. The SMILES string of the molecule is Cc1cnc(CN2C[C@]3(CCCN(CC(C)(C)N)C3)CCC2=O)cn1. The fourth-order valence-electron chi connectivity index (χ4n) is 4.30. The largest absolute Gasteiger partial charge is 0.336 e. The molecular formula is C19H31N5O. The van der Waals surface area contributed by atoms with Gasteiger partial charge in [-0.3, -0.25) is 14.8 Å². The zero-order valence-electron chi connectivity index (χ0n) is 15.8. The lowest BCUT2D eigenvalue weighted by Crippen LogP contribution is -2.56. The highest BCUT2D eigenvalue weighted by molar-refractivity contribution is 5.77. The minimum Gasteiger partial charge on any atom is -0.336 e. The number of amides is 1. The zero-order valence-corrected chi connectivity index (χ0v) is 15.8. The molecule has 25 heavy (non-hydrogen) atoms. The summed E-state index contributed by atoms with van der Waals surface area (Å²) in [5.41, 5.74) is 8.02. The molecule has 6 heteroatoms. The molecule has 1 amide bonds. The Morgan fingerprint density at radius 3 is 2.72 bits per heavy atom. The Balaban J connectivity index is 1.68. The van der Waals surface area contributed by atoms with Crippen LogP contribution in [0.15, 0.2) is 12.4 Å². The quantitative estimate of drug-likeness (QED) is 0.899. The van der Waals surface area contributed by atoms with Crippen molar-refractivity contribution in [1.29, 1.82) is 0 Å². The van der Waals surface area contributed by atoms with E-state index in [4.69, 9.17) is 5.73 Å². The lowest BCUT2D eigenvalue weighted by molar-refractivity contribution is -0.140. The van der Waals surface area contributed by atoms with Gasteiger partial charge in [-0.05, 0) is 46.6 Å². The summed E-state index contributed by atoms with van der Waals surface area (Å²) in [5.74, 6) is 0.240. The number of nitrogens with zero attached hydrogens (tertiary/aromatic N) is 4. The van der Waals surface area contributed by atoms with Gasteiger partial charge in [0.05, 0.1) is 24.1 Å². The summed E-state index contributed by atoms with van der Waals surface area (Å²) < 4.78 is 0. The molecule has 0 aromatic carbocycles. The van der Waals surface area contributed by atoms with Crippen LogP contribution in [0.2, 0.25) is 0 Å². The second-order valence-corrected chi connectivity index (χ2v) is 8.70. The van der Waals surface area contributed by atoms with Crippen molar-refractivity contribution in [1.82, 2.24) is 19.8 Å². The third-order valence-corrected chi connectivity index (χ3v) is 5.31. The number of rotatable bonds is 4. The molecule has 0 bridgehead atoms. The number of aryl methyl sites for hydroxylation is 1. The predicted molar refractivity (Wildman–Crippen MR) is 97.8 cm³/mol. The Hall–Kier alpha value is -1.53. The molecule has 138 valence electrons. The van der Waals surface area contributed by atoms with Crippen molar-refractivity contribution < 1.29 is 4.79 Å². The average Bonchev–Trinajstić information content (AvgIpc) is 2.52. The van der Waals surface area contributed by atoms with Gasteiger partial charge in [0.2, 0.25) is 5.91 Å². The molecule has 6 nitrogen and oxygen atoms in total. The van der Waals surface area contributed by atoms with Crippen molar-refractivity contribution in [3.8, 4) is 0 Å². The molecular weight excluding hydrogens is 314 g/mol. The van der Waals surface area contributed by atoms with Gasteiger partial charge in [-0.25, -0.2) is 0 Å². The second kappa shape index (κ2) is 7.00. The molecule has 3 rings (SSSR count). The summed E-state index contributed by atoms with van der Waals surface area (Å²) in [4.78, 5) is 25.6. The molecule has 2 N–H and O–H groups in total. The highest BCUT2D eigenvalue weighted by atomic mass is 16.2. The van der Waals surface area contributed by atoms with E-state index in [1.54, 1.807) is 12.4 Å². The number of likely N-dealkylation sites (tertiary alicyclic amines) is 2. The van der Waals surface area contributed by atoms with Crippen LogP contribution in [0.4, 0.5) is 0 Å². The Labute approximate surface area is 150 Å². The third kappa shape index (κ3) is 4.76. The molecule has 2 aliphatic heterocycles. The number of carbonyl (C=O) groups is 1. The maximum absolute atomic E-state index is 12.4. The molecule has 2 saturated heterocycles. The zero-order chi connectivity index (χ0) is 18.1. The molecule has 2 aliphatic rings. The molecule has 3 heterocycles. The van der Waals surface area contributed by atoms with Crippen molar-refractivity contribution in [2.45, 2.75) is 58.5 Å². The fourth-order valence-corrected chi connectivity index (χ4v) is 4.30. The normalized spacial score (nSPS) is 25.6. The molecule has 0 saturated carbocycles. The van der Waals surface area contributed by atoms with Crippen LogP contribution < -0.4 is 5.73 Å². The van der Waals surface area contributed by atoms with Crippen LogP contribution in [0.25, 0.3) is 0 Å². The minimum atomic E-state index is -0.180. The van der Waals surface area contributed by atoms with Gasteiger partial charge in [-0.2, -0.15) is 0 Å². The Morgan fingerprint density at radius 2 is 2.04 bits per heavy atom. The van der Waals surface area contributed by atoms with Crippen LogP contribution >= 0.6 is 0 Å². The lowest BCUT2D eigenvalue weighted by atomic mass is 9.73. The highest BCUT2D eigenvalue weighted by Crippen LogP contribution is 2.39. The van der Waals surface area contributed by atoms with E-state index < -0.39 is 0 Å². The monoisotopic (exact) mass is 345 g/mol.